The van der Waals surface area contributed by atoms with E-state index < -0.39 is 19.5 Å². The summed E-state index contributed by atoms with van der Waals surface area (Å²) in [6.07, 6.45) is 5.92. The van der Waals surface area contributed by atoms with E-state index in [1.807, 2.05) is 30.3 Å². The van der Waals surface area contributed by atoms with Gasteiger partial charge in [0.15, 0.2) is 5.82 Å². The molecule has 1 aromatic heterocycles. The molecule has 0 aliphatic carbocycles. The van der Waals surface area contributed by atoms with Crippen LogP contribution in [0.4, 0.5) is 28.8 Å². The molecule has 15 nitrogen and oxygen atoms in total. The number of aromatic nitrogens is 2. The minimum atomic E-state index is -3.56. The van der Waals surface area contributed by atoms with Crippen molar-refractivity contribution in [2.75, 3.05) is 56.5 Å². The van der Waals surface area contributed by atoms with Crippen LogP contribution >= 0.6 is 19.2 Å². The Morgan fingerprint density at radius 1 is 0.947 bits per heavy atom. The zero-order valence-corrected chi connectivity index (χ0v) is 33.7. The topological polar surface area (TPSA) is 176 Å². The molecule has 4 heterocycles. The number of ether oxygens (including phenoxy) is 1. The lowest BCUT2D eigenvalue weighted by Gasteiger charge is -2.34. The molecule has 1 atom stereocenters. The van der Waals surface area contributed by atoms with Gasteiger partial charge < -0.3 is 39.5 Å². The summed E-state index contributed by atoms with van der Waals surface area (Å²) in [5, 5.41) is 13.1. The molecule has 0 spiro atoms. The van der Waals surface area contributed by atoms with Crippen molar-refractivity contribution in [2.24, 2.45) is 0 Å². The average molecular weight is 817 g/mol. The molecule has 3 aliphatic heterocycles. The van der Waals surface area contributed by atoms with Crippen molar-refractivity contribution in [2.45, 2.75) is 57.2 Å². The Kier molecular flexibility index (Phi) is 12.4. The van der Waals surface area contributed by atoms with Gasteiger partial charge in [-0.1, -0.05) is 35.9 Å². The van der Waals surface area contributed by atoms with Gasteiger partial charge in [-0.25, -0.2) is 4.98 Å². The van der Waals surface area contributed by atoms with Crippen molar-refractivity contribution < 1.29 is 32.7 Å². The predicted molar refractivity (Wildman–Crippen MR) is 218 cm³/mol. The second kappa shape index (κ2) is 17.6. The van der Waals surface area contributed by atoms with E-state index >= 15 is 0 Å². The zero-order valence-electron chi connectivity index (χ0n) is 32.0. The van der Waals surface area contributed by atoms with Crippen molar-refractivity contribution in [3.05, 3.63) is 88.6 Å². The number of carbonyl (C=O) groups excluding carboxylic acids is 3. The standard InChI is InChI=1S/C40H46ClN8O7P/c1-54-34-22-28(11-13-31(34)45-40-43-23-30(41)37(47-40)44-32-8-4-5-9-35(32)57(53,55-2)56-3)48-19-16-27(17-20-48)42-18-6-7-25-10-12-29-26(21-25)24-49(39(29)52)33-14-15-36(50)46-38(33)51/h4-5,8-13,21-23,27,33,42H,6-7,14-20,24H2,1-3H3,(H,46,50,51)(H2,43,44,45,47). The second-order valence-corrected chi connectivity index (χ2v) is 16.7. The van der Waals surface area contributed by atoms with Crippen molar-refractivity contribution in [3.8, 4) is 5.75 Å². The predicted octanol–water partition coefficient (Wildman–Crippen LogP) is 5.69. The van der Waals surface area contributed by atoms with E-state index in [1.54, 1.807) is 36.3 Å². The minimum absolute atomic E-state index is 0.148. The molecule has 4 aromatic rings. The Morgan fingerprint density at radius 3 is 2.49 bits per heavy atom. The summed E-state index contributed by atoms with van der Waals surface area (Å²) in [7, 11) is 0.717. The van der Waals surface area contributed by atoms with Gasteiger partial charge in [0.05, 0.1) is 30.0 Å². The number of amides is 3. The highest BCUT2D eigenvalue weighted by atomic mass is 35.5. The van der Waals surface area contributed by atoms with Crippen LogP contribution in [0.1, 0.15) is 53.6 Å². The number of nitrogens with one attached hydrogen (secondary N) is 4. The normalized spacial score (nSPS) is 17.4. The first-order valence-corrected chi connectivity index (χ1v) is 20.8. The van der Waals surface area contributed by atoms with Crippen LogP contribution in [0, 0.1) is 0 Å². The highest BCUT2D eigenvalue weighted by molar-refractivity contribution is 7.62. The molecule has 1 unspecified atom stereocenters. The summed E-state index contributed by atoms with van der Waals surface area (Å²) in [6.45, 7) is 3.06. The van der Waals surface area contributed by atoms with E-state index in [4.69, 9.17) is 25.4 Å². The number of nitrogens with zero attached hydrogens (tertiary/aromatic N) is 4. The average Bonchev–Trinajstić information content (AvgIpc) is 3.55. The number of methoxy groups -OCH3 is 1. The third kappa shape index (κ3) is 8.93. The van der Waals surface area contributed by atoms with E-state index in [-0.39, 0.29) is 29.2 Å². The van der Waals surface area contributed by atoms with E-state index in [2.05, 4.69) is 42.2 Å². The number of halogens is 1. The second-order valence-electron chi connectivity index (χ2n) is 14.1. The van der Waals surface area contributed by atoms with Crippen LogP contribution in [-0.2, 0) is 36.2 Å². The first-order chi connectivity index (χ1) is 27.6. The maximum absolute atomic E-state index is 13.2. The van der Waals surface area contributed by atoms with Crippen LogP contribution in [0.15, 0.2) is 66.9 Å². The van der Waals surface area contributed by atoms with Gasteiger partial charge >= 0.3 is 7.60 Å². The van der Waals surface area contributed by atoms with Crippen molar-refractivity contribution in [3.63, 3.8) is 0 Å². The molecule has 2 fully saturated rings. The van der Waals surface area contributed by atoms with Crippen LogP contribution in [0.2, 0.25) is 5.02 Å². The molecule has 0 saturated carbocycles. The van der Waals surface area contributed by atoms with Crippen molar-refractivity contribution >= 4 is 71.1 Å². The molecule has 57 heavy (non-hydrogen) atoms. The number of benzene rings is 3. The highest BCUT2D eigenvalue weighted by Gasteiger charge is 2.39. The third-order valence-electron chi connectivity index (χ3n) is 10.6. The number of rotatable bonds is 15. The Hall–Kier alpha value is -5.05. The number of carbonyl (C=O) groups is 3. The van der Waals surface area contributed by atoms with Gasteiger partial charge in [-0.2, -0.15) is 4.98 Å². The molecule has 0 radical (unpaired) electrons. The molecule has 300 valence electrons. The first kappa shape index (κ1) is 40.2. The van der Waals surface area contributed by atoms with Gasteiger partial charge in [0.2, 0.25) is 17.8 Å². The molecule has 4 N–H and O–H groups in total. The number of hydrogen-bond donors (Lipinski definition) is 4. The Bertz CT molecular complexity index is 2190. The third-order valence-corrected chi connectivity index (χ3v) is 12.8. The van der Waals surface area contributed by atoms with Gasteiger partial charge in [0.25, 0.3) is 5.91 Å². The summed E-state index contributed by atoms with van der Waals surface area (Å²) < 4.78 is 29.3. The van der Waals surface area contributed by atoms with Crippen molar-refractivity contribution in [1.29, 1.82) is 0 Å². The maximum Gasteiger partial charge on any atom is 0.362 e. The smallest absolute Gasteiger partial charge is 0.362 e. The number of piperidine rings is 2. The molecule has 3 aliphatic rings. The summed E-state index contributed by atoms with van der Waals surface area (Å²) in [6, 6.07) is 18.7. The Labute approximate surface area is 336 Å². The van der Waals surface area contributed by atoms with E-state index in [0.29, 0.717) is 52.8 Å². The number of hydrogen-bond acceptors (Lipinski definition) is 13. The molecule has 0 bridgehead atoms. The van der Waals surface area contributed by atoms with Crippen LogP contribution in [0.25, 0.3) is 0 Å². The molecule has 17 heteroatoms. The number of para-hydroxylation sites is 1. The summed E-state index contributed by atoms with van der Waals surface area (Å²) in [5.74, 6) is 0.382. The van der Waals surface area contributed by atoms with Gasteiger partial charge in [0, 0.05) is 63.6 Å². The zero-order chi connectivity index (χ0) is 40.1. The van der Waals surface area contributed by atoms with Crippen molar-refractivity contribution in [1.82, 2.24) is 25.5 Å². The van der Waals surface area contributed by atoms with Crippen LogP contribution in [-0.4, -0.2) is 85.6 Å². The molecule has 2 saturated heterocycles. The summed E-state index contributed by atoms with van der Waals surface area (Å²) in [4.78, 5) is 49.9. The van der Waals surface area contributed by atoms with E-state index in [1.165, 1.54) is 26.0 Å². The number of anilines is 5. The number of aryl methyl sites for hydroxylation is 1. The Balaban J connectivity index is 0.892. The molecular formula is C40H46ClN8O7P. The van der Waals surface area contributed by atoms with E-state index in [9.17, 15) is 18.9 Å². The quantitative estimate of drug-likeness (QED) is 0.0655. The van der Waals surface area contributed by atoms with E-state index in [0.717, 1.165) is 56.6 Å². The SMILES string of the molecule is COc1cc(N2CCC(NCCCc3ccc4c(c3)CN(C3CCC(=O)NC3=O)C4=O)CC2)ccc1Nc1ncc(Cl)c(Nc2ccccc2P(=O)(OC)OC)n1. The number of imide groups is 1. The minimum Gasteiger partial charge on any atom is -0.494 e. The molecular weight excluding hydrogens is 771 g/mol. The van der Waals surface area contributed by atoms with Gasteiger partial charge in [-0.3, -0.25) is 24.3 Å². The molecule has 3 amide bonds. The summed E-state index contributed by atoms with van der Waals surface area (Å²) >= 11 is 6.46. The molecule has 7 rings (SSSR count). The van der Waals surface area contributed by atoms with Gasteiger partial charge in [-0.05, 0) is 80.1 Å². The van der Waals surface area contributed by atoms with Crippen LogP contribution in [0.5, 0.6) is 5.75 Å². The maximum atomic E-state index is 13.2. The van der Waals surface area contributed by atoms with Crippen LogP contribution < -0.4 is 36.2 Å². The molecule has 3 aromatic carbocycles. The van der Waals surface area contributed by atoms with Gasteiger partial charge in [-0.15, -0.1) is 0 Å². The Morgan fingerprint density at radius 2 is 1.74 bits per heavy atom. The number of fused-ring (bicyclic) bond motifs is 1. The monoisotopic (exact) mass is 816 g/mol. The fraction of sp³-hybridized carbons (Fsp3) is 0.375. The lowest BCUT2D eigenvalue weighted by Crippen LogP contribution is -2.52. The lowest BCUT2D eigenvalue weighted by atomic mass is 10.0. The van der Waals surface area contributed by atoms with Gasteiger partial charge in [0.1, 0.15) is 16.8 Å². The fourth-order valence-corrected chi connectivity index (χ4v) is 8.93. The lowest BCUT2D eigenvalue weighted by molar-refractivity contribution is -0.136. The first-order valence-electron chi connectivity index (χ1n) is 18.9. The highest BCUT2D eigenvalue weighted by Crippen LogP contribution is 2.47. The van der Waals surface area contributed by atoms with Crippen LogP contribution in [0.3, 0.4) is 0 Å². The largest absolute Gasteiger partial charge is 0.494 e. The summed E-state index contributed by atoms with van der Waals surface area (Å²) in [5.41, 5.74) is 4.94. The fourth-order valence-electron chi connectivity index (χ4n) is 7.56.